The van der Waals surface area contributed by atoms with Crippen LogP contribution in [0.4, 0.5) is 20.2 Å². The second-order valence-electron chi connectivity index (χ2n) is 9.31. The summed E-state index contributed by atoms with van der Waals surface area (Å²) in [5, 5.41) is 21.8. The van der Waals surface area contributed by atoms with Crippen molar-refractivity contribution in [1.82, 2.24) is 0 Å². The van der Waals surface area contributed by atoms with Crippen molar-refractivity contribution in [3.63, 3.8) is 0 Å². The molecule has 0 aliphatic carbocycles. The molecular weight excluding hydrogens is 490 g/mol. The van der Waals surface area contributed by atoms with Crippen LogP contribution in [0, 0.1) is 27.7 Å². The SMILES string of the molecule is O=C1C(CC[C@H](O)c2ccc(F)cc2)[C@@H](c2ccc(-c3cccc([N+](=O)[O-])c3)cc2)N1c1ccc(F)cc1. The van der Waals surface area contributed by atoms with Crippen molar-refractivity contribution in [3.05, 3.63) is 130 Å². The predicted molar refractivity (Wildman–Crippen MR) is 139 cm³/mol. The Morgan fingerprint density at radius 2 is 1.50 bits per heavy atom. The molecule has 0 bridgehead atoms. The third kappa shape index (κ3) is 5.03. The summed E-state index contributed by atoms with van der Waals surface area (Å²) in [6.07, 6.45) is -0.145. The minimum Gasteiger partial charge on any atom is -0.388 e. The molecule has 3 atom stereocenters. The molecule has 0 radical (unpaired) electrons. The van der Waals surface area contributed by atoms with E-state index in [4.69, 9.17) is 0 Å². The number of aliphatic hydroxyl groups is 1. The normalized spacial score (nSPS) is 17.7. The summed E-state index contributed by atoms with van der Waals surface area (Å²) < 4.78 is 26.8. The van der Waals surface area contributed by atoms with Crippen LogP contribution in [0.25, 0.3) is 11.1 Å². The number of non-ortho nitro benzene ring substituents is 1. The van der Waals surface area contributed by atoms with Gasteiger partial charge >= 0.3 is 0 Å². The zero-order valence-corrected chi connectivity index (χ0v) is 20.2. The number of carbonyl (C=O) groups is 1. The zero-order chi connectivity index (χ0) is 26.8. The van der Waals surface area contributed by atoms with Crippen LogP contribution < -0.4 is 4.90 Å². The van der Waals surface area contributed by atoms with Crippen LogP contribution in [0.15, 0.2) is 97.1 Å². The first-order valence-electron chi connectivity index (χ1n) is 12.2. The smallest absolute Gasteiger partial charge is 0.270 e. The maximum atomic E-state index is 13.5. The average molecular weight is 515 g/mol. The topological polar surface area (TPSA) is 83.7 Å². The summed E-state index contributed by atoms with van der Waals surface area (Å²) >= 11 is 0. The maximum Gasteiger partial charge on any atom is 0.270 e. The molecule has 4 aromatic carbocycles. The van der Waals surface area contributed by atoms with Gasteiger partial charge in [-0.25, -0.2) is 8.78 Å². The van der Waals surface area contributed by atoms with E-state index in [-0.39, 0.29) is 17.6 Å². The first-order chi connectivity index (χ1) is 18.3. The minimum atomic E-state index is -0.847. The highest BCUT2D eigenvalue weighted by atomic mass is 19.1. The molecular formula is C30H24F2N2O4. The monoisotopic (exact) mass is 514 g/mol. The first kappa shape index (κ1) is 25.2. The lowest BCUT2D eigenvalue weighted by Gasteiger charge is -2.48. The Labute approximate surface area is 217 Å². The number of hydrogen-bond donors (Lipinski definition) is 1. The molecule has 1 fully saturated rings. The molecule has 6 nitrogen and oxygen atoms in total. The van der Waals surface area contributed by atoms with Gasteiger partial charge in [-0.05, 0) is 71.5 Å². The van der Waals surface area contributed by atoms with Crippen molar-refractivity contribution < 1.29 is 23.6 Å². The molecule has 38 heavy (non-hydrogen) atoms. The molecule has 1 aliphatic heterocycles. The van der Waals surface area contributed by atoms with E-state index >= 15 is 0 Å². The van der Waals surface area contributed by atoms with Crippen LogP contribution in [0.5, 0.6) is 0 Å². The molecule has 1 N–H and O–H groups in total. The molecule has 0 spiro atoms. The van der Waals surface area contributed by atoms with Gasteiger partial charge in [0.25, 0.3) is 5.69 Å². The summed E-state index contributed by atoms with van der Waals surface area (Å²) in [5.41, 5.74) is 3.48. The standard InChI is InChI=1S/C30H24F2N2O4/c31-23-10-8-20(9-11-23)28(35)17-16-27-29(33(30(27)36)25-14-12-24(32)13-15-25)21-6-4-19(5-7-21)22-2-1-3-26(18-22)34(37)38/h1-15,18,27-29,35H,16-17H2/t27?,28-,29+/m0/s1. The third-order valence-electron chi connectivity index (χ3n) is 6.97. The number of benzene rings is 4. The van der Waals surface area contributed by atoms with Crippen molar-refractivity contribution in [3.8, 4) is 11.1 Å². The minimum absolute atomic E-state index is 0.00146. The third-order valence-corrected chi connectivity index (χ3v) is 6.97. The van der Waals surface area contributed by atoms with Gasteiger partial charge in [-0.3, -0.25) is 14.9 Å². The number of anilines is 1. The van der Waals surface area contributed by atoms with Gasteiger partial charge in [0.05, 0.1) is 23.0 Å². The molecule has 1 aliphatic rings. The van der Waals surface area contributed by atoms with E-state index in [9.17, 15) is 28.8 Å². The number of hydrogen-bond acceptors (Lipinski definition) is 4. The van der Waals surface area contributed by atoms with Crippen molar-refractivity contribution >= 4 is 17.3 Å². The van der Waals surface area contributed by atoms with Gasteiger partial charge in [0.1, 0.15) is 11.6 Å². The van der Waals surface area contributed by atoms with E-state index in [1.807, 2.05) is 24.3 Å². The molecule has 4 aromatic rings. The molecule has 1 saturated heterocycles. The Bertz CT molecular complexity index is 1460. The van der Waals surface area contributed by atoms with E-state index in [0.717, 1.165) is 11.1 Å². The van der Waals surface area contributed by atoms with Crippen LogP contribution in [-0.4, -0.2) is 15.9 Å². The first-order valence-corrected chi connectivity index (χ1v) is 12.2. The molecule has 1 amide bonds. The maximum absolute atomic E-state index is 13.5. The van der Waals surface area contributed by atoms with Gasteiger partial charge in [-0.2, -0.15) is 0 Å². The van der Waals surface area contributed by atoms with Gasteiger partial charge in [-0.15, -0.1) is 0 Å². The van der Waals surface area contributed by atoms with Gasteiger partial charge in [0, 0.05) is 17.8 Å². The summed E-state index contributed by atoms with van der Waals surface area (Å²) in [6, 6.07) is 24.8. The fraction of sp³-hybridized carbons (Fsp3) is 0.167. The molecule has 1 unspecified atom stereocenters. The number of aliphatic hydroxyl groups excluding tert-OH is 1. The molecule has 0 saturated carbocycles. The number of amides is 1. The van der Waals surface area contributed by atoms with E-state index in [2.05, 4.69) is 0 Å². The highest BCUT2D eigenvalue weighted by Gasteiger charge is 2.48. The molecule has 5 rings (SSSR count). The van der Waals surface area contributed by atoms with E-state index in [1.165, 1.54) is 48.5 Å². The number of carbonyl (C=O) groups excluding carboxylic acids is 1. The zero-order valence-electron chi connectivity index (χ0n) is 20.2. The van der Waals surface area contributed by atoms with E-state index < -0.39 is 28.6 Å². The summed E-state index contributed by atoms with van der Waals surface area (Å²) in [7, 11) is 0. The highest BCUT2D eigenvalue weighted by Crippen LogP contribution is 2.46. The predicted octanol–water partition coefficient (Wildman–Crippen LogP) is 6.76. The van der Waals surface area contributed by atoms with E-state index in [1.54, 1.807) is 29.2 Å². The van der Waals surface area contributed by atoms with Gasteiger partial charge < -0.3 is 10.0 Å². The Kier molecular flexibility index (Phi) is 6.98. The Morgan fingerprint density at radius 3 is 2.13 bits per heavy atom. The summed E-state index contributed by atoms with van der Waals surface area (Å²) in [5.74, 6) is -1.34. The summed E-state index contributed by atoms with van der Waals surface area (Å²) in [6.45, 7) is 0. The van der Waals surface area contributed by atoms with Crippen molar-refractivity contribution in [1.29, 1.82) is 0 Å². The van der Waals surface area contributed by atoms with Crippen LogP contribution >= 0.6 is 0 Å². The van der Waals surface area contributed by atoms with Crippen LogP contribution in [0.3, 0.4) is 0 Å². The van der Waals surface area contributed by atoms with Crippen LogP contribution in [0.1, 0.15) is 36.1 Å². The number of nitro benzene ring substituents is 1. The number of halogens is 2. The number of β-lactam (4-membered cyclic amide) rings is 1. The van der Waals surface area contributed by atoms with E-state index in [0.29, 0.717) is 29.7 Å². The van der Waals surface area contributed by atoms with Gasteiger partial charge in [-0.1, -0.05) is 48.5 Å². The lowest BCUT2D eigenvalue weighted by Crippen LogP contribution is -2.55. The number of rotatable bonds is 8. The second-order valence-corrected chi connectivity index (χ2v) is 9.31. The Hall–Kier alpha value is -4.43. The fourth-order valence-electron chi connectivity index (χ4n) is 4.96. The highest BCUT2D eigenvalue weighted by molar-refractivity contribution is 6.03. The second kappa shape index (κ2) is 10.5. The molecule has 192 valence electrons. The van der Waals surface area contributed by atoms with Gasteiger partial charge in [0.15, 0.2) is 0 Å². The fourth-order valence-corrected chi connectivity index (χ4v) is 4.96. The average Bonchev–Trinajstić information content (AvgIpc) is 2.93. The van der Waals surface area contributed by atoms with Crippen LogP contribution in [0.2, 0.25) is 0 Å². The van der Waals surface area contributed by atoms with Crippen LogP contribution in [-0.2, 0) is 4.79 Å². The lowest BCUT2D eigenvalue weighted by atomic mass is 9.78. The van der Waals surface area contributed by atoms with Crippen molar-refractivity contribution in [2.75, 3.05) is 4.90 Å². The quantitative estimate of drug-likeness (QED) is 0.160. The largest absolute Gasteiger partial charge is 0.388 e. The summed E-state index contributed by atoms with van der Waals surface area (Å²) in [4.78, 5) is 25.6. The number of nitrogens with zero attached hydrogens (tertiary/aromatic N) is 2. The lowest BCUT2D eigenvalue weighted by molar-refractivity contribution is -0.384. The number of nitro groups is 1. The Morgan fingerprint density at radius 1 is 0.868 bits per heavy atom. The van der Waals surface area contributed by atoms with Crippen molar-refractivity contribution in [2.24, 2.45) is 5.92 Å². The van der Waals surface area contributed by atoms with Crippen molar-refractivity contribution in [2.45, 2.75) is 25.0 Å². The molecule has 0 aromatic heterocycles. The van der Waals surface area contributed by atoms with Gasteiger partial charge in [0.2, 0.25) is 5.91 Å². The molecule has 1 heterocycles. The molecule has 8 heteroatoms. The Balaban J connectivity index is 1.40.